The average molecular weight is 443 g/mol. The number of amides is 1. The van der Waals surface area contributed by atoms with Crippen molar-refractivity contribution in [1.29, 1.82) is 5.26 Å². The minimum absolute atomic E-state index is 0.0750. The van der Waals surface area contributed by atoms with Crippen LogP contribution in [-0.2, 0) is 18.3 Å². The zero-order valence-corrected chi connectivity index (χ0v) is 18.1. The van der Waals surface area contributed by atoms with Crippen LogP contribution in [0.3, 0.4) is 0 Å². The summed E-state index contributed by atoms with van der Waals surface area (Å²) in [5.74, 6) is -0.434. The molecule has 0 atom stereocenters. The molecule has 10 heteroatoms. The van der Waals surface area contributed by atoms with Gasteiger partial charge in [0.15, 0.2) is 5.58 Å². The summed E-state index contributed by atoms with van der Waals surface area (Å²) in [5.41, 5.74) is 12.6. The van der Waals surface area contributed by atoms with E-state index in [0.29, 0.717) is 25.0 Å². The highest BCUT2D eigenvalue weighted by molar-refractivity contribution is 7.95. The number of hydrogen-bond acceptors (Lipinski definition) is 8. The second-order valence-corrected chi connectivity index (χ2v) is 7.29. The van der Waals surface area contributed by atoms with E-state index in [4.69, 9.17) is 15.4 Å². The first-order chi connectivity index (χ1) is 15.1. The van der Waals surface area contributed by atoms with Crippen LogP contribution in [0.5, 0.6) is 0 Å². The Morgan fingerprint density at radius 1 is 1.19 bits per heavy atom. The topological polar surface area (TPSA) is 138 Å². The summed E-state index contributed by atoms with van der Waals surface area (Å²) >= 11 is 1.24. The molecule has 1 heterocycles. The molecule has 0 radical (unpaired) electrons. The quantitative estimate of drug-likeness (QED) is 0.212. The fourth-order valence-corrected chi connectivity index (χ4v) is 3.30. The maximum Gasteiger partial charge on any atom is 0.419 e. The highest BCUT2D eigenvalue weighted by atomic mass is 32.2. The number of nitriles is 1. The Labute approximate surface area is 184 Å². The van der Waals surface area contributed by atoms with Crippen molar-refractivity contribution in [2.24, 2.45) is 12.8 Å². The fourth-order valence-electron chi connectivity index (χ4n) is 2.86. The molecule has 3 rings (SSSR count). The Morgan fingerprint density at radius 2 is 1.90 bits per heavy atom. The molecule has 0 saturated heterocycles. The second kappa shape index (κ2) is 12.6. The number of carbonyl (C=O) groups is 1. The van der Waals surface area contributed by atoms with Crippen molar-refractivity contribution >= 4 is 29.1 Å². The number of rotatable bonds is 10. The second-order valence-electron chi connectivity index (χ2n) is 6.60. The molecule has 0 saturated carbocycles. The lowest BCUT2D eigenvalue weighted by Gasteiger charge is -2.08. The Kier molecular flexibility index (Phi) is 9.80. The van der Waals surface area contributed by atoms with Crippen LogP contribution in [0, 0.1) is 11.8 Å². The molecule has 2 aromatic carbocycles. The van der Waals surface area contributed by atoms with Crippen LogP contribution in [0.2, 0.25) is 0 Å². The Morgan fingerprint density at radius 3 is 2.61 bits per heavy atom. The molecule has 0 aliphatic carbocycles. The van der Waals surface area contributed by atoms with E-state index in [1.807, 2.05) is 18.2 Å². The number of hydrogen-bond donors (Lipinski definition) is 4. The van der Waals surface area contributed by atoms with Gasteiger partial charge in [0.2, 0.25) is 5.91 Å². The minimum Gasteiger partial charge on any atom is -0.408 e. The van der Waals surface area contributed by atoms with Gasteiger partial charge in [-0.25, -0.2) is 14.8 Å². The number of nitrogens with two attached hydrogens (primary N) is 1. The maximum atomic E-state index is 11.6. The standard InChI is InChI=1S/C20H25N5O3S.CHN/c1-25-17-13-16(8-9-18(17)28-20(25)27)15-6-4-14(5-7-15)10-12-22-29-24-23-19(26)3-2-11-21;1-2/h4-9,13,22,24H,2-3,10-12,21H2,1H3,(H,23,26);1H. The number of benzene rings is 2. The number of fused-ring (bicyclic) bond motifs is 1. The first kappa shape index (κ1) is 24.2. The first-order valence-corrected chi connectivity index (χ1v) is 10.5. The zero-order valence-electron chi connectivity index (χ0n) is 17.3. The van der Waals surface area contributed by atoms with Crippen LogP contribution in [0.25, 0.3) is 22.2 Å². The number of oxazole rings is 1. The van der Waals surface area contributed by atoms with E-state index in [1.165, 1.54) is 22.3 Å². The number of nitrogens with one attached hydrogen (secondary N) is 3. The van der Waals surface area contributed by atoms with Crippen molar-refractivity contribution in [3.05, 3.63) is 58.6 Å². The number of aryl methyl sites for hydroxylation is 1. The van der Waals surface area contributed by atoms with Gasteiger partial charge in [-0.3, -0.25) is 14.8 Å². The van der Waals surface area contributed by atoms with Crippen molar-refractivity contribution in [2.45, 2.75) is 19.3 Å². The predicted octanol–water partition coefficient (Wildman–Crippen LogP) is 1.99. The van der Waals surface area contributed by atoms with Gasteiger partial charge in [-0.2, -0.15) is 4.83 Å². The third-order valence-electron chi connectivity index (χ3n) is 4.52. The van der Waals surface area contributed by atoms with Crippen LogP contribution in [0.4, 0.5) is 0 Å². The molecule has 31 heavy (non-hydrogen) atoms. The highest BCUT2D eigenvalue weighted by Gasteiger charge is 2.07. The smallest absolute Gasteiger partial charge is 0.408 e. The molecule has 3 aromatic rings. The molecule has 1 aromatic heterocycles. The molecule has 0 bridgehead atoms. The van der Waals surface area contributed by atoms with E-state index >= 15 is 0 Å². The SMILES string of the molecule is C#N.Cn1c(=O)oc2ccc(-c3ccc(CCNSNNC(=O)CCCN)cc3)cc21. The number of carbonyl (C=O) groups excluding carboxylic acids is 1. The summed E-state index contributed by atoms with van der Waals surface area (Å²) in [6, 6.07) is 14.0. The van der Waals surface area contributed by atoms with Gasteiger partial charge in [0, 0.05) is 38.7 Å². The minimum atomic E-state index is -0.359. The lowest BCUT2D eigenvalue weighted by Crippen LogP contribution is -2.35. The number of hydrazine groups is 1. The highest BCUT2D eigenvalue weighted by Crippen LogP contribution is 2.24. The van der Waals surface area contributed by atoms with Gasteiger partial charge in [0.1, 0.15) is 0 Å². The van der Waals surface area contributed by atoms with Crippen molar-refractivity contribution in [1.82, 2.24) is 19.5 Å². The van der Waals surface area contributed by atoms with E-state index in [1.54, 1.807) is 7.05 Å². The van der Waals surface area contributed by atoms with E-state index < -0.39 is 0 Å². The normalized spacial score (nSPS) is 10.5. The molecule has 0 aliphatic rings. The molecule has 0 aliphatic heterocycles. The molecule has 0 unspecified atom stereocenters. The monoisotopic (exact) mass is 442 g/mol. The van der Waals surface area contributed by atoms with E-state index in [0.717, 1.165) is 29.6 Å². The van der Waals surface area contributed by atoms with E-state index in [2.05, 4.69) is 45.8 Å². The third kappa shape index (κ3) is 6.97. The van der Waals surface area contributed by atoms with Crippen molar-refractivity contribution in [3.8, 4) is 17.7 Å². The van der Waals surface area contributed by atoms with Crippen molar-refractivity contribution in [3.63, 3.8) is 0 Å². The summed E-state index contributed by atoms with van der Waals surface area (Å²) in [7, 11) is 1.70. The first-order valence-electron chi connectivity index (χ1n) is 9.66. The van der Waals surface area contributed by atoms with Crippen LogP contribution in [-0.4, -0.2) is 23.6 Å². The molecule has 1 amide bonds. The lowest BCUT2D eigenvalue weighted by atomic mass is 10.0. The molecular weight excluding hydrogens is 416 g/mol. The summed E-state index contributed by atoms with van der Waals surface area (Å²) in [4.78, 5) is 25.8. The van der Waals surface area contributed by atoms with Gasteiger partial charge < -0.3 is 10.2 Å². The molecule has 5 N–H and O–H groups in total. The van der Waals surface area contributed by atoms with Gasteiger partial charge in [0.05, 0.1) is 5.52 Å². The maximum absolute atomic E-state index is 11.6. The van der Waals surface area contributed by atoms with Gasteiger partial charge in [-0.15, -0.1) is 0 Å². The largest absolute Gasteiger partial charge is 0.419 e. The molecule has 164 valence electrons. The third-order valence-corrected chi connectivity index (χ3v) is 5.07. The number of nitrogens with zero attached hydrogens (tertiary/aromatic N) is 2. The van der Waals surface area contributed by atoms with E-state index in [-0.39, 0.29) is 11.7 Å². The average Bonchev–Trinajstić information content (AvgIpc) is 3.09. The Bertz CT molecular complexity index is 1060. The van der Waals surface area contributed by atoms with Crippen LogP contribution < -0.4 is 26.5 Å². The molecule has 0 spiro atoms. The lowest BCUT2D eigenvalue weighted by molar-refractivity contribution is -0.121. The molecule has 0 fully saturated rings. The zero-order chi connectivity index (χ0) is 22.6. The van der Waals surface area contributed by atoms with Crippen molar-refractivity contribution < 1.29 is 9.21 Å². The predicted molar refractivity (Wildman–Crippen MR) is 122 cm³/mol. The molecule has 9 nitrogen and oxygen atoms in total. The fraction of sp³-hybridized carbons (Fsp3) is 0.286. The van der Waals surface area contributed by atoms with E-state index in [9.17, 15) is 9.59 Å². The van der Waals surface area contributed by atoms with Gasteiger partial charge in [-0.1, -0.05) is 30.3 Å². The van der Waals surface area contributed by atoms with Crippen LogP contribution >= 0.6 is 12.1 Å². The Hall–Kier alpha value is -3.10. The Balaban J connectivity index is 0.00000166. The van der Waals surface area contributed by atoms with Gasteiger partial charge in [-0.05, 0) is 48.2 Å². The summed E-state index contributed by atoms with van der Waals surface area (Å²) < 4.78 is 9.83. The van der Waals surface area contributed by atoms with Gasteiger partial charge >= 0.3 is 5.76 Å². The van der Waals surface area contributed by atoms with Crippen molar-refractivity contribution in [2.75, 3.05) is 13.1 Å². The number of aromatic nitrogens is 1. The summed E-state index contributed by atoms with van der Waals surface area (Å²) in [5, 5.41) is 6.50. The van der Waals surface area contributed by atoms with Gasteiger partial charge in [0.25, 0.3) is 0 Å². The molecular formula is C21H26N6O3S. The van der Waals surface area contributed by atoms with Crippen LogP contribution in [0.15, 0.2) is 51.7 Å². The van der Waals surface area contributed by atoms with Crippen LogP contribution in [0.1, 0.15) is 18.4 Å². The summed E-state index contributed by atoms with van der Waals surface area (Å²) in [6.07, 6.45) is 1.95. The summed E-state index contributed by atoms with van der Waals surface area (Å²) in [6.45, 7) is 4.76.